The van der Waals surface area contributed by atoms with Crippen molar-refractivity contribution in [3.8, 4) is 17.2 Å². The predicted octanol–water partition coefficient (Wildman–Crippen LogP) is 4.39. The van der Waals surface area contributed by atoms with Gasteiger partial charge in [0.05, 0.1) is 7.11 Å². The Morgan fingerprint density at radius 1 is 1.12 bits per heavy atom. The van der Waals surface area contributed by atoms with Gasteiger partial charge in [-0.15, -0.1) is 0 Å². The Bertz CT molecular complexity index is 853. The molecule has 4 rings (SSSR count). The highest BCUT2D eigenvalue weighted by atomic mass is 16.7. The third-order valence-corrected chi connectivity index (χ3v) is 4.72. The van der Waals surface area contributed by atoms with Crippen LogP contribution < -0.4 is 19.5 Å². The van der Waals surface area contributed by atoms with E-state index in [-0.39, 0.29) is 5.91 Å². The number of benzene rings is 2. The summed E-state index contributed by atoms with van der Waals surface area (Å²) >= 11 is 0. The molecule has 1 saturated carbocycles. The van der Waals surface area contributed by atoms with Crippen LogP contribution in [0.3, 0.4) is 0 Å². The first-order valence-electron chi connectivity index (χ1n) is 8.82. The summed E-state index contributed by atoms with van der Waals surface area (Å²) in [4.78, 5) is 12.2. The number of fused-ring (bicyclic) bond motifs is 1. The first-order chi connectivity index (χ1) is 12.7. The van der Waals surface area contributed by atoms with Gasteiger partial charge in [0, 0.05) is 36.2 Å². The number of hydrogen-bond donors (Lipinski definition) is 1. The smallest absolute Gasteiger partial charge is 0.251 e. The first kappa shape index (κ1) is 16.5. The van der Waals surface area contributed by atoms with E-state index >= 15 is 0 Å². The lowest BCUT2D eigenvalue weighted by Crippen LogP contribution is -2.34. The Labute approximate surface area is 152 Å². The molecular weight excluding hydrogens is 330 g/mol. The number of para-hydroxylation sites is 1. The van der Waals surface area contributed by atoms with E-state index in [0.29, 0.717) is 11.4 Å². The van der Waals surface area contributed by atoms with E-state index in [1.165, 1.54) is 6.08 Å². The summed E-state index contributed by atoms with van der Waals surface area (Å²) in [7, 11) is 1.61. The maximum absolute atomic E-state index is 12.2. The standard InChI is InChI=1S/C21H21NO4/c1-24-17-7-3-2-6-15(17)8-11-20(23)22-16-9-10-18-19(14-16)26-21(25-18)12-4-5-13-21/h2-3,6-11,14H,4-5,12-13H2,1H3,(H,22,23). The van der Waals surface area contributed by atoms with Gasteiger partial charge in [-0.05, 0) is 37.1 Å². The van der Waals surface area contributed by atoms with Gasteiger partial charge in [0.2, 0.25) is 5.91 Å². The summed E-state index contributed by atoms with van der Waals surface area (Å²) in [5.74, 6) is 1.45. The zero-order chi connectivity index (χ0) is 18.0. The summed E-state index contributed by atoms with van der Waals surface area (Å²) in [5, 5.41) is 2.86. The van der Waals surface area contributed by atoms with E-state index < -0.39 is 5.79 Å². The molecule has 1 aliphatic carbocycles. The highest BCUT2D eigenvalue weighted by molar-refractivity contribution is 6.02. The number of carbonyl (C=O) groups excluding carboxylic acids is 1. The van der Waals surface area contributed by atoms with E-state index in [0.717, 1.165) is 42.7 Å². The van der Waals surface area contributed by atoms with E-state index in [2.05, 4.69) is 5.32 Å². The zero-order valence-electron chi connectivity index (χ0n) is 14.7. The summed E-state index contributed by atoms with van der Waals surface area (Å²) in [6.45, 7) is 0. The third-order valence-electron chi connectivity index (χ3n) is 4.72. The second-order valence-electron chi connectivity index (χ2n) is 6.55. The minimum absolute atomic E-state index is 0.217. The maximum atomic E-state index is 12.2. The van der Waals surface area contributed by atoms with Gasteiger partial charge in [-0.1, -0.05) is 18.2 Å². The van der Waals surface area contributed by atoms with Gasteiger partial charge in [0.1, 0.15) is 5.75 Å². The van der Waals surface area contributed by atoms with E-state index in [1.54, 1.807) is 13.2 Å². The van der Waals surface area contributed by atoms with Crippen LogP contribution in [0.25, 0.3) is 6.08 Å². The van der Waals surface area contributed by atoms with Gasteiger partial charge in [0.25, 0.3) is 5.79 Å². The van der Waals surface area contributed by atoms with Gasteiger partial charge in [-0.25, -0.2) is 0 Å². The molecular formula is C21H21NO4. The van der Waals surface area contributed by atoms with Gasteiger partial charge < -0.3 is 19.5 Å². The first-order valence-corrected chi connectivity index (χ1v) is 8.82. The Morgan fingerprint density at radius 3 is 2.69 bits per heavy atom. The Kier molecular flexibility index (Phi) is 4.29. The summed E-state index contributed by atoms with van der Waals surface area (Å²) < 4.78 is 17.3. The molecule has 1 spiro atoms. The van der Waals surface area contributed by atoms with Crippen molar-refractivity contribution in [1.82, 2.24) is 0 Å². The molecule has 2 aromatic carbocycles. The van der Waals surface area contributed by atoms with E-state index in [4.69, 9.17) is 14.2 Å². The molecule has 0 unspecified atom stereocenters. The largest absolute Gasteiger partial charge is 0.496 e. The molecule has 2 aliphatic rings. The monoisotopic (exact) mass is 351 g/mol. The van der Waals surface area contributed by atoms with Crippen LogP contribution in [0.15, 0.2) is 48.5 Å². The lowest BCUT2D eigenvalue weighted by molar-refractivity contribution is -0.111. The number of carbonyl (C=O) groups is 1. The van der Waals surface area contributed by atoms with Crippen molar-refractivity contribution in [2.24, 2.45) is 0 Å². The number of ether oxygens (including phenoxy) is 3. The zero-order valence-corrected chi connectivity index (χ0v) is 14.7. The molecule has 0 atom stereocenters. The maximum Gasteiger partial charge on any atom is 0.251 e. The van der Waals surface area contributed by atoms with Crippen molar-refractivity contribution >= 4 is 17.7 Å². The van der Waals surface area contributed by atoms with Gasteiger partial charge in [0.15, 0.2) is 11.5 Å². The normalized spacial score (nSPS) is 17.0. The van der Waals surface area contributed by atoms with Crippen molar-refractivity contribution in [3.05, 3.63) is 54.1 Å². The second kappa shape index (κ2) is 6.75. The van der Waals surface area contributed by atoms with Crippen molar-refractivity contribution in [1.29, 1.82) is 0 Å². The highest BCUT2D eigenvalue weighted by Crippen LogP contribution is 2.47. The van der Waals surface area contributed by atoms with Crippen LogP contribution in [0.5, 0.6) is 17.2 Å². The predicted molar refractivity (Wildman–Crippen MR) is 99.6 cm³/mol. The number of nitrogens with one attached hydrogen (secondary N) is 1. The average molecular weight is 351 g/mol. The quantitative estimate of drug-likeness (QED) is 0.830. The summed E-state index contributed by atoms with van der Waals surface area (Å²) in [6, 6.07) is 13.0. The fourth-order valence-corrected chi connectivity index (χ4v) is 3.44. The molecule has 1 aliphatic heterocycles. The number of amides is 1. The molecule has 134 valence electrons. The van der Waals surface area contributed by atoms with Crippen LogP contribution in [-0.2, 0) is 4.79 Å². The molecule has 1 heterocycles. The lowest BCUT2D eigenvalue weighted by Gasteiger charge is -2.21. The average Bonchev–Trinajstić information content (AvgIpc) is 3.25. The minimum Gasteiger partial charge on any atom is -0.496 e. The molecule has 0 aromatic heterocycles. The van der Waals surface area contributed by atoms with Crippen molar-refractivity contribution in [2.45, 2.75) is 31.5 Å². The Hall–Kier alpha value is -2.95. The minimum atomic E-state index is -0.491. The van der Waals surface area contributed by atoms with Gasteiger partial charge in [-0.3, -0.25) is 4.79 Å². The summed E-state index contributed by atoms with van der Waals surface area (Å²) in [5.41, 5.74) is 1.52. The molecule has 5 heteroatoms. The third kappa shape index (κ3) is 3.25. The SMILES string of the molecule is COc1ccccc1C=CC(=O)Nc1ccc2c(c1)OC1(CCCC1)O2. The fourth-order valence-electron chi connectivity index (χ4n) is 3.44. The van der Waals surface area contributed by atoms with E-state index in [9.17, 15) is 4.79 Å². The molecule has 1 amide bonds. The van der Waals surface area contributed by atoms with Crippen LogP contribution in [-0.4, -0.2) is 18.8 Å². The van der Waals surface area contributed by atoms with Gasteiger partial charge in [-0.2, -0.15) is 0 Å². The fraction of sp³-hybridized carbons (Fsp3) is 0.286. The molecule has 0 radical (unpaired) electrons. The van der Waals surface area contributed by atoms with Gasteiger partial charge >= 0.3 is 0 Å². The number of anilines is 1. The van der Waals surface area contributed by atoms with Crippen molar-refractivity contribution in [2.75, 3.05) is 12.4 Å². The van der Waals surface area contributed by atoms with Crippen LogP contribution >= 0.6 is 0 Å². The Morgan fingerprint density at radius 2 is 1.88 bits per heavy atom. The van der Waals surface area contributed by atoms with Crippen molar-refractivity contribution < 1.29 is 19.0 Å². The van der Waals surface area contributed by atoms with Crippen LogP contribution in [0.2, 0.25) is 0 Å². The molecule has 26 heavy (non-hydrogen) atoms. The van der Waals surface area contributed by atoms with Crippen LogP contribution in [0, 0.1) is 0 Å². The molecule has 0 bridgehead atoms. The Balaban J connectivity index is 1.44. The molecule has 1 fully saturated rings. The highest BCUT2D eigenvalue weighted by Gasteiger charge is 2.44. The van der Waals surface area contributed by atoms with Crippen molar-refractivity contribution in [3.63, 3.8) is 0 Å². The lowest BCUT2D eigenvalue weighted by atomic mass is 10.2. The second-order valence-corrected chi connectivity index (χ2v) is 6.55. The molecule has 2 aromatic rings. The van der Waals surface area contributed by atoms with E-state index in [1.807, 2.05) is 42.5 Å². The number of hydrogen-bond acceptors (Lipinski definition) is 4. The summed E-state index contributed by atoms with van der Waals surface area (Å²) in [6.07, 6.45) is 7.27. The topological polar surface area (TPSA) is 56.8 Å². The molecule has 1 N–H and O–H groups in total. The van der Waals surface area contributed by atoms with Crippen LogP contribution in [0.4, 0.5) is 5.69 Å². The molecule has 0 saturated heterocycles. The number of rotatable bonds is 4. The molecule has 5 nitrogen and oxygen atoms in total. The van der Waals surface area contributed by atoms with Crippen LogP contribution in [0.1, 0.15) is 31.2 Å². The number of methoxy groups -OCH3 is 1.